The molecule has 4 aliphatic rings. The number of carbonyl (C=O) groups excluding carboxylic acids is 1. The van der Waals surface area contributed by atoms with E-state index in [1.165, 1.54) is 25.3 Å². The van der Waals surface area contributed by atoms with Gasteiger partial charge in [-0.3, -0.25) is 0 Å². The van der Waals surface area contributed by atoms with Crippen molar-refractivity contribution in [3.05, 3.63) is 70.7 Å². The van der Waals surface area contributed by atoms with E-state index in [0.717, 1.165) is 74.0 Å². The number of anilines is 1. The quantitative estimate of drug-likeness (QED) is 0.330. The SMILES string of the molecule is COC(=O)c1cnc(N2C3CCC2CC(OCc2c(-c4c(F)cccc4F)c[nH]c2C2CC2)C3)c(C2CC2)c1. The summed E-state index contributed by atoms with van der Waals surface area (Å²) in [6.45, 7) is 0.335. The fourth-order valence-electron chi connectivity index (χ4n) is 6.76. The van der Waals surface area contributed by atoms with Crippen LogP contribution in [0.5, 0.6) is 0 Å². The number of nitrogens with zero attached hydrogens (tertiary/aromatic N) is 2. The molecule has 1 N–H and O–H groups in total. The van der Waals surface area contributed by atoms with Crippen molar-refractivity contribution in [2.75, 3.05) is 12.0 Å². The van der Waals surface area contributed by atoms with Crippen molar-refractivity contribution < 1.29 is 23.0 Å². The zero-order chi connectivity index (χ0) is 26.7. The number of esters is 1. The molecule has 2 atom stereocenters. The van der Waals surface area contributed by atoms with Crippen molar-refractivity contribution in [3.8, 4) is 11.1 Å². The van der Waals surface area contributed by atoms with E-state index in [0.29, 0.717) is 41.7 Å². The highest BCUT2D eigenvalue weighted by molar-refractivity contribution is 5.89. The summed E-state index contributed by atoms with van der Waals surface area (Å²) in [5, 5.41) is 0. The predicted molar refractivity (Wildman–Crippen MR) is 143 cm³/mol. The van der Waals surface area contributed by atoms with Gasteiger partial charge in [-0.05, 0) is 87.0 Å². The number of H-pyrrole nitrogens is 1. The first-order chi connectivity index (χ1) is 19.0. The third-order valence-electron chi connectivity index (χ3n) is 8.97. The van der Waals surface area contributed by atoms with Gasteiger partial charge in [0.15, 0.2) is 0 Å². The molecule has 0 radical (unpaired) electrons. The summed E-state index contributed by atoms with van der Waals surface area (Å²) in [7, 11) is 1.40. The van der Waals surface area contributed by atoms with Gasteiger partial charge in [0.05, 0.1) is 30.9 Å². The number of hydrogen-bond acceptors (Lipinski definition) is 5. The molecule has 2 aliphatic heterocycles. The maximum absolute atomic E-state index is 14.7. The average molecular weight is 534 g/mol. The molecule has 2 unspecified atom stereocenters. The molecule has 8 heteroatoms. The Morgan fingerprint density at radius 1 is 1.05 bits per heavy atom. The summed E-state index contributed by atoms with van der Waals surface area (Å²) < 4.78 is 40.9. The summed E-state index contributed by atoms with van der Waals surface area (Å²) in [6.07, 6.45) is 11.8. The van der Waals surface area contributed by atoms with Crippen LogP contribution in [0.3, 0.4) is 0 Å². The number of aromatic nitrogens is 2. The molecule has 7 rings (SSSR count). The van der Waals surface area contributed by atoms with Crippen LogP contribution in [0, 0.1) is 11.6 Å². The van der Waals surface area contributed by atoms with Crippen LogP contribution in [0.15, 0.2) is 36.7 Å². The molecular weight excluding hydrogens is 500 g/mol. The lowest BCUT2D eigenvalue weighted by Crippen LogP contribution is -2.46. The minimum atomic E-state index is -0.555. The smallest absolute Gasteiger partial charge is 0.339 e. The van der Waals surface area contributed by atoms with Crippen LogP contribution in [0.1, 0.15) is 90.4 Å². The van der Waals surface area contributed by atoms with Crippen LogP contribution in [-0.4, -0.2) is 41.2 Å². The van der Waals surface area contributed by atoms with Crippen LogP contribution >= 0.6 is 0 Å². The minimum Gasteiger partial charge on any atom is -0.465 e. The van der Waals surface area contributed by atoms with Crippen LogP contribution in [-0.2, 0) is 16.1 Å². The van der Waals surface area contributed by atoms with Crippen LogP contribution in [0.2, 0.25) is 0 Å². The largest absolute Gasteiger partial charge is 0.465 e. The maximum Gasteiger partial charge on any atom is 0.339 e. The third-order valence-corrected chi connectivity index (χ3v) is 8.97. The number of pyridine rings is 1. The topological polar surface area (TPSA) is 67.4 Å². The van der Waals surface area contributed by atoms with Crippen LogP contribution in [0.4, 0.5) is 14.6 Å². The molecule has 1 aromatic carbocycles. The van der Waals surface area contributed by atoms with E-state index in [1.807, 2.05) is 6.07 Å². The molecule has 204 valence electrons. The molecule has 2 aliphatic carbocycles. The number of ether oxygens (including phenoxy) is 2. The number of rotatable bonds is 8. The van der Waals surface area contributed by atoms with Crippen molar-refractivity contribution in [2.24, 2.45) is 0 Å². The molecule has 39 heavy (non-hydrogen) atoms. The fraction of sp³-hybridized carbons (Fsp3) is 0.484. The van der Waals surface area contributed by atoms with Crippen molar-refractivity contribution in [1.82, 2.24) is 9.97 Å². The lowest BCUT2D eigenvalue weighted by atomic mass is 9.97. The Morgan fingerprint density at radius 3 is 2.38 bits per heavy atom. The van der Waals surface area contributed by atoms with E-state index in [1.54, 1.807) is 12.4 Å². The molecule has 4 fully saturated rings. The Kier molecular flexibility index (Phi) is 6.18. The number of nitrogens with one attached hydrogen (secondary N) is 1. The monoisotopic (exact) mass is 533 g/mol. The van der Waals surface area contributed by atoms with Crippen molar-refractivity contribution >= 4 is 11.8 Å². The van der Waals surface area contributed by atoms with Gasteiger partial charge < -0.3 is 19.4 Å². The summed E-state index contributed by atoms with van der Waals surface area (Å²) >= 11 is 0. The van der Waals surface area contributed by atoms with E-state index in [2.05, 4.69) is 9.88 Å². The molecule has 4 heterocycles. The summed E-state index contributed by atoms with van der Waals surface area (Å²) in [5.41, 5.74) is 4.19. The number of hydrogen-bond donors (Lipinski definition) is 1. The second-order valence-electron chi connectivity index (χ2n) is 11.6. The van der Waals surface area contributed by atoms with E-state index < -0.39 is 11.6 Å². The standard InChI is InChI=1S/C31H33F2N3O3/c1-38-31(37)19-11-23(17-5-6-17)30(35-14-19)36-20-9-10-21(36)13-22(12-20)39-16-25-24(15-34-29(25)18-7-8-18)28-26(32)3-2-4-27(28)33/h2-4,11,14-15,17-18,20-22,34H,5-10,12-13,16H2,1H3. The number of piperidine rings is 1. The Labute approximate surface area is 226 Å². The Hall–Kier alpha value is -3.26. The molecule has 3 aromatic rings. The van der Waals surface area contributed by atoms with Gasteiger partial charge in [-0.15, -0.1) is 0 Å². The first-order valence-electron chi connectivity index (χ1n) is 14.1. The lowest BCUT2D eigenvalue weighted by Gasteiger charge is -2.40. The second-order valence-corrected chi connectivity index (χ2v) is 11.6. The number of carbonyl (C=O) groups is 1. The number of methoxy groups -OCH3 is 1. The van der Waals surface area contributed by atoms with E-state index in [9.17, 15) is 13.6 Å². The van der Waals surface area contributed by atoms with Gasteiger partial charge in [0, 0.05) is 41.3 Å². The molecule has 2 bridgehead atoms. The predicted octanol–water partition coefficient (Wildman–Crippen LogP) is 6.61. The summed E-state index contributed by atoms with van der Waals surface area (Å²) in [6, 6.07) is 6.63. The van der Waals surface area contributed by atoms with Gasteiger partial charge in [0.2, 0.25) is 0 Å². The van der Waals surface area contributed by atoms with Crippen LogP contribution in [0.25, 0.3) is 11.1 Å². The van der Waals surface area contributed by atoms with Gasteiger partial charge >= 0.3 is 5.97 Å². The minimum absolute atomic E-state index is 0.0169. The summed E-state index contributed by atoms with van der Waals surface area (Å²) in [5.74, 6) is 0.413. The number of fused-ring (bicyclic) bond motifs is 2. The molecule has 2 saturated heterocycles. The molecule has 2 saturated carbocycles. The molecule has 0 amide bonds. The van der Waals surface area contributed by atoms with E-state index >= 15 is 0 Å². The Morgan fingerprint density at radius 2 is 1.74 bits per heavy atom. The van der Waals surface area contributed by atoms with Gasteiger partial charge in [-0.2, -0.15) is 0 Å². The number of aromatic amines is 1. The maximum atomic E-state index is 14.7. The van der Waals surface area contributed by atoms with Crippen molar-refractivity contribution in [1.29, 1.82) is 0 Å². The third kappa shape index (κ3) is 4.52. The normalized spacial score (nSPS) is 24.3. The van der Waals surface area contributed by atoms with E-state index in [-0.39, 0.29) is 17.6 Å². The van der Waals surface area contributed by atoms with Gasteiger partial charge in [-0.25, -0.2) is 18.6 Å². The first kappa shape index (κ1) is 24.8. The van der Waals surface area contributed by atoms with E-state index in [4.69, 9.17) is 14.5 Å². The Bertz CT molecular complexity index is 1380. The molecule has 6 nitrogen and oxygen atoms in total. The number of benzene rings is 1. The van der Waals surface area contributed by atoms with Gasteiger partial charge in [-0.1, -0.05) is 6.07 Å². The molecular formula is C31H33F2N3O3. The summed E-state index contributed by atoms with van der Waals surface area (Å²) in [4.78, 5) is 22.7. The second kappa shape index (κ2) is 9.73. The van der Waals surface area contributed by atoms with Gasteiger partial charge in [0.1, 0.15) is 17.5 Å². The lowest BCUT2D eigenvalue weighted by molar-refractivity contribution is 0.0149. The highest BCUT2D eigenvalue weighted by atomic mass is 19.1. The molecule has 2 aromatic heterocycles. The zero-order valence-electron chi connectivity index (χ0n) is 22.1. The average Bonchev–Trinajstić information content (AvgIpc) is 3.87. The van der Waals surface area contributed by atoms with Gasteiger partial charge in [0.25, 0.3) is 0 Å². The first-order valence-corrected chi connectivity index (χ1v) is 14.1. The highest BCUT2D eigenvalue weighted by Gasteiger charge is 2.44. The Balaban J connectivity index is 1.11. The number of halogens is 2. The highest BCUT2D eigenvalue weighted by Crippen LogP contribution is 2.49. The molecule has 0 spiro atoms. The van der Waals surface area contributed by atoms with Crippen LogP contribution < -0.4 is 4.90 Å². The fourth-order valence-corrected chi connectivity index (χ4v) is 6.76. The van der Waals surface area contributed by atoms with Crippen molar-refractivity contribution in [3.63, 3.8) is 0 Å². The zero-order valence-corrected chi connectivity index (χ0v) is 22.1. The van der Waals surface area contributed by atoms with Crippen molar-refractivity contribution in [2.45, 2.75) is 88.0 Å².